The molecule has 0 unspecified atom stereocenters. The molecule has 1 N–H and O–H groups in total. The zero-order chi connectivity index (χ0) is 16.4. The Morgan fingerprint density at radius 3 is 2.71 bits per heavy atom. The van der Waals surface area contributed by atoms with Crippen molar-refractivity contribution in [3.8, 4) is 10.4 Å². The predicted molar refractivity (Wildman–Crippen MR) is 97.2 cm³/mol. The maximum atomic E-state index is 12.4. The van der Waals surface area contributed by atoms with Gasteiger partial charge in [-0.3, -0.25) is 15.1 Å². The first-order valence-corrected chi connectivity index (χ1v) is 8.29. The summed E-state index contributed by atoms with van der Waals surface area (Å²) in [6.07, 6.45) is 3.52. The van der Waals surface area contributed by atoms with Gasteiger partial charge >= 0.3 is 0 Å². The van der Waals surface area contributed by atoms with Crippen LogP contribution in [0.1, 0.15) is 10.4 Å². The molecular formula is C19H13N3OS. The van der Waals surface area contributed by atoms with Gasteiger partial charge in [-0.25, -0.2) is 4.98 Å². The fourth-order valence-corrected chi connectivity index (χ4v) is 3.27. The Balaban J connectivity index is 1.56. The Morgan fingerprint density at radius 1 is 0.958 bits per heavy atom. The van der Waals surface area contributed by atoms with E-state index in [1.165, 1.54) is 11.3 Å². The third-order valence-electron chi connectivity index (χ3n) is 3.65. The number of aromatic nitrogens is 2. The van der Waals surface area contributed by atoms with E-state index >= 15 is 0 Å². The van der Waals surface area contributed by atoms with E-state index in [0.717, 1.165) is 21.3 Å². The predicted octanol–water partition coefficient (Wildman–Crippen LogP) is 4.61. The minimum Gasteiger partial charge on any atom is -0.298 e. The second-order valence-corrected chi connectivity index (χ2v) is 6.29. The van der Waals surface area contributed by atoms with Gasteiger partial charge in [0.15, 0.2) is 5.13 Å². The average Bonchev–Trinajstić information content (AvgIpc) is 3.10. The molecule has 0 saturated heterocycles. The number of rotatable bonds is 3. The summed E-state index contributed by atoms with van der Waals surface area (Å²) in [6, 6.07) is 19.2. The SMILES string of the molecule is O=C(Nc1ncc(-c2ccccc2)s1)c1ccc2ncccc2c1. The second kappa shape index (κ2) is 6.22. The molecule has 0 aliphatic rings. The van der Waals surface area contributed by atoms with E-state index in [1.54, 1.807) is 18.5 Å². The van der Waals surface area contributed by atoms with Gasteiger partial charge in [-0.1, -0.05) is 47.7 Å². The number of fused-ring (bicyclic) bond motifs is 1. The van der Waals surface area contributed by atoms with E-state index in [4.69, 9.17) is 0 Å². The van der Waals surface area contributed by atoms with Gasteiger partial charge in [0.1, 0.15) is 0 Å². The highest BCUT2D eigenvalue weighted by molar-refractivity contribution is 7.19. The van der Waals surface area contributed by atoms with Crippen LogP contribution in [0.3, 0.4) is 0 Å². The number of hydrogen-bond acceptors (Lipinski definition) is 4. The molecule has 2 aromatic heterocycles. The summed E-state index contributed by atoms with van der Waals surface area (Å²) in [6.45, 7) is 0. The molecule has 0 aliphatic carbocycles. The van der Waals surface area contributed by atoms with Crippen LogP contribution >= 0.6 is 11.3 Å². The van der Waals surface area contributed by atoms with Gasteiger partial charge in [-0.2, -0.15) is 0 Å². The number of anilines is 1. The van der Waals surface area contributed by atoms with Gasteiger partial charge in [0.25, 0.3) is 5.91 Å². The number of thiazole rings is 1. The van der Waals surface area contributed by atoms with Crippen molar-refractivity contribution in [3.05, 3.63) is 78.6 Å². The number of amides is 1. The molecule has 0 bridgehead atoms. The zero-order valence-electron chi connectivity index (χ0n) is 12.6. The van der Waals surface area contributed by atoms with Crippen LogP contribution in [0.15, 0.2) is 73.1 Å². The number of carbonyl (C=O) groups is 1. The molecule has 0 spiro atoms. The topological polar surface area (TPSA) is 54.9 Å². The van der Waals surface area contributed by atoms with Crippen molar-refractivity contribution < 1.29 is 4.79 Å². The van der Waals surface area contributed by atoms with Gasteiger partial charge in [-0.15, -0.1) is 0 Å². The molecule has 4 nitrogen and oxygen atoms in total. The molecule has 2 aromatic carbocycles. The molecule has 5 heteroatoms. The number of pyridine rings is 1. The van der Waals surface area contributed by atoms with Gasteiger partial charge < -0.3 is 0 Å². The highest BCUT2D eigenvalue weighted by atomic mass is 32.1. The first-order valence-electron chi connectivity index (χ1n) is 7.47. The largest absolute Gasteiger partial charge is 0.298 e. The summed E-state index contributed by atoms with van der Waals surface area (Å²) in [5, 5.41) is 4.39. The van der Waals surface area contributed by atoms with E-state index in [-0.39, 0.29) is 5.91 Å². The van der Waals surface area contributed by atoms with Crippen LogP contribution in [-0.4, -0.2) is 15.9 Å². The molecule has 0 radical (unpaired) electrons. The fourth-order valence-electron chi connectivity index (χ4n) is 2.45. The van der Waals surface area contributed by atoms with Crippen LogP contribution in [0.2, 0.25) is 0 Å². The number of benzene rings is 2. The number of carbonyl (C=O) groups excluding carboxylic acids is 1. The molecule has 0 saturated carbocycles. The summed E-state index contributed by atoms with van der Waals surface area (Å²) in [5.41, 5.74) is 2.55. The molecule has 116 valence electrons. The quantitative estimate of drug-likeness (QED) is 0.596. The van der Waals surface area contributed by atoms with Crippen molar-refractivity contribution in [1.82, 2.24) is 9.97 Å². The van der Waals surface area contributed by atoms with E-state index < -0.39 is 0 Å². The van der Waals surface area contributed by atoms with Crippen LogP contribution in [0, 0.1) is 0 Å². The molecule has 4 rings (SSSR count). The Hall–Kier alpha value is -3.05. The van der Waals surface area contributed by atoms with E-state index in [1.807, 2.05) is 54.6 Å². The number of nitrogens with zero attached hydrogens (tertiary/aromatic N) is 2. The van der Waals surface area contributed by atoms with Crippen LogP contribution < -0.4 is 5.32 Å². The summed E-state index contributed by atoms with van der Waals surface area (Å²) in [5.74, 6) is -0.172. The number of hydrogen-bond donors (Lipinski definition) is 1. The van der Waals surface area contributed by atoms with Crippen LogP contribution in [0.25, 0.3) is 21.3 Å². The normalized spacial score (nSPS) is 10.7. The third-order valence-corrected chi connectivity index (χ3v) is 4.61. The summed E-state index contributed by atoms with van der Waals surface area (Å²) in [7, 11) is 0. The third kappa shape index (κ3) is 2.89. The van der Waals surface area contributed by atoms with Crippen LogP contribution in [0.4, 0.5) is 5.13 Å². The highest BCUT2D eigenvalue weighted by Gasteiger charge is 2.10. The van der Waals surface area contributed by atoms with Crippen molar-refractivity contribution >= 4 is 33.3 Å². The summed E-state index contributed by atoms with van der Waals surface area (Å²) >= 11 is 1.46. The minimum absolute atomic E-state index is 0.172. The first kappa shape index (κ1) is 14.5. The van der Waals surface area contributed by atoms with Crippen molar-refractivity contribution in [3.63, 3.8) is 0 Å². The molecule has 1 amide bonds. The molecular weight excluding hydrogens is 318 g/mol. The Labute approximate surface area is 142 Å². The second-order valence-electron chi connectivity index (χ2n) is 5.26. The minimum atomic E-state index is -0.172. The highest BCUT2D eigenvalue weighted by Crippen LogP contribution is 2.29. The molecule has 0 aliphatic heterocycles. The lowest BCUT2D eigenvalue weighted by molar-refractivity contribution is 0.102. The Bertz CT molecular complexity index is 1010. The maximum Gasteiger partial charge on any atom is 0.257 e. The molecule has 2 heterocycles. The maximum absolute atomic E-state index is 12.4. The lowest BCUT2D eigenvalue weighted by atomic mass is 10.1. The zero-order valence-corrected chi connectivity index (χ0v) is 13.5. The molecule has 4 aromatic rings. The Kier molecular flexibility index (Phi) is 3.76. The van der Waals surface area contributed by atoms with Crippen molar-refractivity contribution in [2.75, 3.05) is 5.32 Å². The van der Waals surface area contributed by atoms with Crippen molar-refractivity contribution in [1.29, 1.82) is 0 Å². The number of nitrogens with one attached hydrogen (secondary N) is 1. The van der Waals surface area contributed by atoms with Crippen molar-refractivity contribution in [2.45, 2.75) is 0 Å². The van der Waals surface area contributed by atoms with E-state index in [9.17, 15) is 4.79 Å². The summed E-state index contributed by atoms with van der Waals surface area (Å²) in [4.78, 5) is 22.0. The van der Waals surface area contributed by atoms with Gasteiger partial charge in [0.2, 0.25) is 0 Å². The molecule has 0 fully saturated rings. The van der Waals surface area contributed by atoms with E-state index in [2.05, 4.69) is 15.3 Å². The Morgan fingerprint density at radius 2 is 1.83 bits per heavy atom. The lowest BCUT2D eigenvalue weighted by Crippen LogP contribution is -2.11. The van der Waals surface area contributed by atoms with E-state index in [0.29, 0.717) is 10.7 Å². The smallest absolute Gasteiger partial charge is 0.257 e. The molecule has 24 heavy (non-hydrogen) atoms. The monoisotopic (exact) mass is 331 g/mol. The standard InChI is InChI=1S/C19H13N3OS/c23-18(15-8-9-16-14(11-15)7-4-10-20-16)22-19-21-12-17(24-19)13-5-2-1-3-6-13/h1-12H,(H,21,22,23). The lowest BCUT2D eigenvalue weighted by Gasteiger charge is -2.03. The van der Waals surface area contributed by atoms with Gasteiger partial charge in [-0.05, 0) is 29.8 Å². The summed E-state index contributed by atoms with van der Waals surface area (Å²) < 4.78 is 0. The van der Waals surface area contributed by atoms with Gasteiger partial charge in [0.05, 0.1) is 10.4 Å². The fraction of sp³-hybridized carbons (Fsp3) is 0. The average molecular weight is 331 g/mol. The van der Waals surface area contributed by atoms with Crippen LogP contribution in [-0.2, 0) is 0 Å². The van der Waals surface area contributed by atoms with Gasteiger partial charge in [0, 0.05) is 23.3 Å². The molecule has 0 atom stereocenters. The van der Waals surface area contributed by atoms with Crippen molar-refractivity contribution in [2.24, 2.45) is 0 Å². The van der Waals surface area contributed by atoms with Crippen LogP contribution in [0.5, 0.6) is 0 Å². The first-order chi connectivity index (χ1) is 11.8.